The molecule has 0 aliphatic rings. The first kappa shape index (κ1) is 15.9. The highest BCUT2D eigenvalue weighted by atomic mass is 16.1. The number of nitrogens with one attached hydrogen (secondary N) is 1. The van der Waals surface area contributed by atoms with E-state index < -0.39 is 0 Å². The first-order valence-electron chi connectivity index (χ1n) is 8.16. The number of aryl methyl sites for hydroxylation is 1. The summed E-state index contributed by atoms with van der Waals surface area (Å²) in [6.07, 6.45) is 3.74. The molecule has 0 spiro atoms. The minimum atomic E-state index is -0.152. The van der Waals surface area contributed by atoms with Crippen molar-refractivity contribution in [2.24, 2.45) is 7.05 Å². The van der Waals surface area contributed by atoms with Gasteiger partial charge in [-0.05, 0) is 30.3 Å². The van der Waals surface area contributed by atoms with Crippen LogP contribution in [0.3, 0.4) is 0 Å². The quantitative estimate of drug-likeness (QED) is 0.604. The van der Waals surface area contributed by atoms with Gasteiger partial charge in [-0.2, -0.15) is 4.68 Å². The normalized spacial score (nSPS) is 11.0. The molecule has 1 amide bonds. The van der Waals surface area contributed by atoms with Crippen LogP contribution in [0.2, 0.25) is 0 Å². The maximum atomic E-state index is 11.7. The predicted octanol–water partition coefficient (Wildman–Crippen LogP) is 1.50. The molecule has 0 aromatic carbocycles. The molecular weight excluding hydrogens is 330 g/mol. The summed E-state index contributed by atoms with van der Waals surface area (Å²) in [6, 6.07) is 11.4. The molecule has 4 heterocycles. The summed E-state index contributed by atoms with van der Waals surface area (Å²) in [7, 11) is 3.53. The van der Waals surface area contributed by atoms with Crippen LogP contribution >= 0.6 is 0 Å². The van der Waals surface area contributed by atoms with Crippen molar-refractivity contribution < 1.29 is 4.79 Å². The monoisotopic (exact) mass is 347 g/mol. The second kappa shape index (κ2) is 6.40. The fourth-order valence-electron chi connectivity index (χ4n) is 2.73. The van der Waals surface area contributed by atoms with Crippen LogP contribution in [0.25, 0.3) is 28.4 Å². The molecule has 0 unspecified atom stereocenters. The number of hydrogen-bond donors (Lipinski definition) is 1. The van der Waals surface area contributed by atoms with Crippen LogP contribution < -0.4 is 5.32 Å². The Hall–Kier alpha value is -3.55. The van der Waals surface area contributed by atoms with Crippen molar-refractivity contribution in [2.75, 3.05) is 7.05 Å². The number of carbonyl (C=O) groups excluding carboxylic acids is 1. The van der Waals surface area contributed by atoms with E-state index in [1.807, 2.05) is 54.2 Å². The zero-order chi connectivity index (χ0) is 18.1. The highest BCUT2D eigenvalue weighted by Gasteiger charge is 2.18. The van der Waals surface area contributed by atoms with Gasteiger partial charge in [0.2, 0.25) is 5.91 Å². The van der Waals surface area contributed by atoms with Gasteiger partial charge in [-0.25, -0.2) is 15.0 Å². The molecular formula is C18H17N7O. The number of nitrogens with zero attached hydrogens (tertiary/aromatic N) is 6. The first-order valence-corrected chi connectivity index (χ1v) is 8.16. The molecule has 1 N–H and O–H groups in total. The summed E-state index contributed by atoms with van der Waals surface area (Å²) in [5.74, 6) is 1.43. The summed E-state index contributed by atoms with van der Waals surface area (Å²) in [5.41, 5.74) is 1.52. The van der Waals surface area contributed by atoms with Gasteiger partial charge in [0.15, 0.2) is 17.5 Å². The minimum absolute atomic E-state index is 0.0930. The number of fused-ring (bicyclic) bond motifs is 1. The highest BCUT2D eigenvalue weighted by Crippen LogP contribution is 2.22. The molecule has 8 nitrogen and oxygen atoms in total. The Kier molecular flexibility index (Phi) is 3.92. The van der Waals surface area contributed by atoms with E-state index in [1.165, 1.54) is 0 Å². The maximum Gasteiger partial charge on any atom is 0.227 e. The molecule has 4 rings (SSSR count). The summed E-state index contributed by atoms with van der Waals surface area (Å²) in [4.78, 5) is 25.3. The number of likely N-dealkylation sites (N-methyl/N-ethyl adjacent to an activating group) is 1. The van der Waals surface area contributed by atoms with E-state index in [0.717, 1.165) is 11.0 Å². The number of aromatic nitrogens is 6. The summed E-state index contributed by atoms with van der Waals surface area (Å²) < 4.78 is 3.57. The molecule has 4 aromatic heterocycles. The maximum absolute atomic E-state index is 11.7. The van der Waals surface area contributed by atoms with Gasteiger partial charge in [-0.3, -0.25) is 4.79 Å². The largest absolute Gasteiger partial charge is 0.359 e. The number of carbonyl (C=O) groups is 1. The van der Waals surface area contributed by atoms with Gasteiger partial charge in [-0.15, -0.1) is 5.10 Å². The fourth-order valence-corrected chi connectivity index (χ4v) is 2.73. The Bertz CT molecular complexity index is 1080. The van der Waals surface area contributed by atoms with Crippen LogP contribution in [0.1, 0.15) is 5.82 Å². The first-order chi connectivity index (χ1) is 12.7. The molecule has 0 fully saturated rings. The van der Waals surface area contributed by atoms with Crippen molar-refractivity contribution in [1.82, 2.24) is 34.6 Å². The van der Waals surface area contributed by atoms with E-state index in [-0.39, 0.29) is 12.3 Å². The third-order valence-corrected chi connectivity index (χ3v) is 4.06. The lowest BCUT2D eigenvalue weighted by Crippen LogP contribution is -2.20. The second-order valence-corrected chi connectivity index (χ2v) is 5.84. The van der Waals surface area contributed by atoms with E-state index >= 15 is 0 Å². The van der Waals surface area contributed by atoms with Crippen LogP contribution in [0.4, 0.5) is 0 Å². The van der Waals surface area contributed by atoms with Gasteiger partial charge in [0.25, 0.3) is 0 Å². The SMILES string of the molecule is CNC(=O)Cc1nc(-c2ccc3ccn(C)c3n2)n(-c2ccccn2)n1. The zero-order valence-electron chi connectivity index (χ0n) is 14.4. The Balaban J connectivity index is 1.87. The molecule has 130 valence electrons. The number of hydrogen-bond acceptors (Lipinski definition) is 5. The molecule has 8 heteroatoms. The lowest BCUT2D eigenvalue weighted by molar-refractivity contribution is -0.120. The Morgan fingerprint density at radius 2 is 2.04 bits per heavy atom. The Morgan fingerprint density at radius 3 is 2.81 bits per heavy atom. The van der Waals surface area contributed by atoms with Crippen molar-refractivity contribution in [1.29, 1.82) is 0 Å². The molecule has 0 bridgehead atoms. The van der Waals surface area contributed by atoms with Gasteiger partial charge in [0.05, 0.1) is 6.42 Å². The van der Waals surface area contributed by atoms with Crippen LogP contribution in [-0.2, 0) is 18.3 Å². The average Bonchev–Trinajstić information content (AvgIpc) is 3.26. The molecule has 0 radical (unpaired) electrons. The molecule has 26 heavy (non-hydrogen) atoms. The second-order valence-electron chi connectivity index (χ2n) is 5.84. The van der Waals surface area contributed by atoms with E-state index in [4.69, 9.17) is 4.98 Å². The third-order valence-electron chi connectivity index (χ3n) is 4.06. The standard InChI is InChI=1S/C18H17N7O/c1-19-16(26)11-14-22-18(25(23-14)15-5-3-4-9-20-15)13-7-6-12-8-10-24(2)17(12)21-13/h3-10H,11H2,1-2H3,(H,19,26). The van der Waals surface area contributed by atoms with Crippen LogP contribution in [0.15, 0.2) is 48.8 Å². The van der Waals surface area contributed by atoms with Gasteiger partial charge in [-0.1, -0.05) is 6.07 Å². The number of amides is 1. The number of rotatable bonds is 4. The molecule has 0 atom stereocenters. The van der Waals surface area contributed by atoms with Crippen LogP contribution in [-0.4, -0.2) is 42.3 Å². The van der Waals surface area contributed by atoms with Crippen molar-refractivity contribution in [3.63, 3.8) is 0 Å². The van der Waals surface area contributed by atoms with Gasteiger partial charge in [0.1, 0.15) is 11.3 Å². The summed E-state index contributed by atoms with van der Waals surface area (Å²) in [5, 5.41) is 8.10. The van der Waals surface area contributed by atoms with Crippen LogP contribution in [0.5, 0.6) is 0 Å². The van der Waals surface area contributed by atoms with Crippen molar-refractivity contribution in [3.05, 3.63) is 54.6 Å². The van der Waals surface area contributed by atoms with Crippen molar-refractivity contribution in [2.45, 2.75) is 6.42 Å². The zero-order valence-corrected chi connectivity index (χ0v) is 14.4. The van der Waals surface area contributed by atoms with Crippen LogP contribution in [0, 0.1) is 0 Å². The van der Waals surface area contributed by atoms with E-state index in [1.54, 1.807) is 17.9 Å². The summed E-state index contributed by atoms with van der Waals surface area (Å²) >= 11 is 0. The van der Waals surface area contributed by atoms with Gasteiger partial charge in [0, 0.05) is 31.9 Å². The fraction of sp³-hybridized carbons (Fsp3) is 0.167. The van der Waals surface area contributed by atoms with Gasteiger partial charge < -0.3 is 9.88 Å². The molecule has 0 aliphatic heterocycles. The number of pyridine rings is 2. The van der Waals surface area contributed by atoms with E-state index in [0.29, 0.717) is 23.2 Å². The Morgan fingerprint density at radius 1 is 1.15 bits per heavy atom. The highest BCUT2D eigenvalue weighted by molar-refractivity contribution is 5.79. The van der Waals surface area contributed by atoms with Gasteiger partial charge >= 0.3 is 0 Å². The van der Waals surface area contributed by atoms with Crippen molar-refractivity contribution in [3.8, 4) is 17.3 Å². The summed E-state index contributed by atoms with van der Waals surface area (Å²) in [6.45, 7) is 0. The lowest BCUT2D eigenvalue weighted by Gasteiger charge is -2.05. The molecule has 4 aromatic rings. The average molecular weight is 347 g/mol. The predicted molar refractivity (Wildman–Crippen MR) is 96.6 cm³/mol. The topological polar surface area (TPSA) is 90.5 Å². The lowest BCUT2D eigenvalue weighted by atomic mass is 10.3. The van der Waals surface area contributed by atoms with Crippen molar-refractivity contribution >= 4 is 16.9 Å². The smallest absolute Gasteiger partial charge is 0.227 e. The van der Waals surface area contributed by atoms with E-state index in [2.05, 4.69) is 20.4 Å². The third kappa shape index (κ3) is 2.81. The molecule has 0 saturated heterocycles. The molecule has 0 aliphatic carbocycles. The minimum Gasteiger partial charge on any atom is -0.359 e. The van der Waals surface area contributed by atoms with E-state index in [9.17, 15) is 4.79 Å². The molecule has 0 saturated carbocycles. The Labute approximate surface area is 149 Å².